The van der Waals surface area contributed by atoms with Gasteiger partial charge in [0.05, 0.1) is 24.0 Å². The molecule has 21 heavy (non-hydrogen) atoms. The van der Waals surface area contributed by atoms with Crippen LogP contribution in [0.3, 0.4) is 0 Å². The molecule has 4 nitrogen and oxygen atoms in total. The van der Waals surface area contributed by atoms with Gasteiger partial charge in [-0.15, -0.1) is 11.6 Å². The molecule has 1 atom stereocenters. The van der Waals surface area contributed by atoms with Crippen molar-refractivity contribution < 1.29 is 4.74 Å². The number of likely N-dealkylation sites (N-methyl/N-ethyl adjacent to an activating group) is 1. The van der Waals surface area contributed by atoms with E-state index < -0.39 is 0 Å². The van der Waals surface area contributed by atoms with Gasteiger partial charge in [-0.2, -0.15) is 0 Å². The largest absolute Gasteiger partial charge is 0.497 e. The molecule has 0 radical (unpaired) electrons. The fraction of sp³-hybridized carbons (Fsp3) is 0.562. The van der Waals surface area contributed by atoms with Gasteiger partial charge in [0.15, 0.2) is 0 Å². The molecule has 116 valence electrons. The molecule has 0 spiro atoms. The number of rotatable bonds is 7. The standard InChI is InChI=1S/C16H24ClN3O/c1-5-12(2)19(3)8-9-20-15-7-6-13(21-4)10-14(15)18-16(20)11-17/h6-7,10,12H,5,8-9,11H2,1-4H3. The Kier molecular flexibility index (Phi) is 5.48. The molecule has 0 aliphatic heterocycles. The lowest BCUT2D eigenvalue weighted by Gasteiger charge is -2.24. The summed E-state index contributed by atoms with van der Waals surface area (Å²) in [5.74, 6) is 2.16. The minimum Gasteiger partial charge on any atom is -0.497 e. The van der Waals surface area contributed by atoms with Crippen LogP contribution in [0.1, 0.15) is 26.1 Å². The van der Waals surface area contributed by atoms with Crippen LogP contribution in [0.2, 0.25) is 0 Å². The second-order valence-electron chi connectivity index (χ2n) is 5.41. The summed E-state index contributed by atoms with van der Waals surface area (Å²) >= 11 is 6.05. The Morgan fingerprint density at radius 3 is 2.81 bits per heavy atom. The smallest absolute Gasteiger partial charge is 0.124 e. The van der Waals surface area contributed by atoms with Crippen LogP contribution >= 0.6 is 11.6 Å². The fourth-order valence-electron chi connectivity index (χ4n) is 2.43. The monoisotopic (exact) mass is 309 g/mol. The van der Waals surface area contributed by atoms with Gasteiger partial charge < -0.3 is 14.2 Å². The fourth-order valence-corrected chi connectivity index (χ4v) is 2.63. The maximum atomic E-state index is 6.05. The van der Waals surface area contributed by atoms with Crippen molar-refractivity contribution in [3.8, 4) is 5.75 Å². The first-order valence-corrected chi connectivity index (χ1v) is 7.93. The van der Waals surface area contributed by atoms with Crippen molar-refractivity contribution in [3.05, 3.63) is 24.0 Å². The Hall–Kier alpha value is -1.26. The zero-order chi connectivity index (χ0) is 15.4. The van der Waals surface area contributed by atoms with Crippen molar-refractivity contribution in [2.45, 2.75) is 38.7 Å². The molecule has 0 bridgehead atoms. The summed E-state index contributed by atoms with van der Waals surface area (Å²) < 4.78 is 7.47. The molecule has 2 rings (SSSR count). The molecule has 0 amide bonds. The number of alkyl halides is 1. The summed E-state index contributed by atoms with van der Waals surface area (Å²) in [7, 11) is 3.83. The van der Waals surface area contributed by atoms with E-state index in [4.69, 9.17) is 16.3 Å². The number of fused-ring (bicyclic) bond motifs is 1. The Bertz CT molecular complexity index is 596. The van der Waals surface area contributed by atoms with E-state index in [0.717, 1.165) is 42.1 Å². The van der Waals surface area contributed by atoms with Crippen molar-refractivity contribution in [1.29, 1.82) is 0 Å². The van der Waals surface area contributed by atoms with Crippen LogP contribution in [0, 0.1) is 0 Å². The van der Waals surface area contributed by atoms with Crippen LogP contribution in [-0.2, 0) is 12.4 Å². The highest BCUT2D eigenvalue weighted by Gasteiger charge is 2.13. The van der Waals surface area contributed by atoms with E-state index in [2.05, 4.69) is 41.4 Å². The predicted octanol–water partition coefficient (Wildman–Crippen LogP) is 3.51. The SMILES string of the molecule is CCC(C)N(C)CCn1c(CCl)nc2cc(OC)ccc21. The predicted molar refractivity (Wildman–Crippen MR) is 88.2 cm³/mol. The second kappa shape index (κ2) is 7.14. The first-order valence-electron chi connectivity index (χ1n) is 7.40. The van der Waals surface area contributed by atoms with Crippen molar-refractivity contribution >= 4 is 22.6 Å². The summed E-state index contributed by atoms with van der Waals surface area (Å²) in [5, 5.41) is 0. The lowest BCUT2D eigenvalue weighted by atomic mass is 10.2. The lowest BCUT2D eigenvalue weighted by molar-refractivity contribution is 0.243. The maximum Gasteiger partial charge on any atom is 0.124 e. The van der Waals surface area contributed by atoms with E-state index in [-0.39, 0.29) is 0 Å². The minimum atomic E-state index is 0.421. The molecule has 0 N–H and O–H groups in total. The number of benzene rings is 1. The molecular weight excluding hydrogens is 286 g/mol. The number of ether oxygens (including phenoxy) is 1. The summed E-state index contributed by atoms with van der Waals surface area (Å²) in [6.07, 6.45) is 1.15. The Balaban J connectivity index is 2.25. The number of hydrogen-bond acceptors (Lipinski definition) is 3. The summed E-state index contributed by atoms with van der Waals surface area (Å²) in [4.78, 5) is 6.98. The van der Waals surface area contributed by atoms with Gasteiger partial charge in [-0.05, 0) is 32.5 Å². The van der Waals surface area contributed by atoms with E-state index >= 15 is 0 Å². The van der Waals surface area contributed by atoms with Gasteiger partial charge in [-0.1, -0.05) is 6.92 Å². The van der Waals surface area contributed by atoms with Crippen LogP contribution < -0.4 is 4.74 Å². The summed E-state index contributed by atoms with van der Waals surface area (Å²) in [5.41, 5.74) is 2.06. The molecule has 0 aliphatic carbocycles. The van der Waals surface area contributed by atoms with Gasteiger partial charge in [0.1, 0.15) is 11.6 Å². The van der Waals surface area contributed by atoms with E-state index in [1.54, 1.807) is 7.11 Å². The zero-order valence-electron chi connectivity index (χ0n) is 13.3. The number of aromatic nitrogens is 2. The Labute approximate surface area is 131 Å². The molecule has 1 aromatic carbocycles. The average molecular weight is 310 g/mol. The third-order valence-corrected chi connectivity index (χ3v) is 4.41. The Morgan fingerprint density at radius 2 is 2.19 bits per heavy atom. The first-order chi connectivity index (χ1) is 10.1. The topological polar surface area (TPSA) is 30.3 Å². The third-order valence-electron chi connectivity index (χ3n) is 4.17. The molecule has 0 fully saturated rings. The molecule has 0 saturated carbocycles. The normalized spacial score (nSPS) is 13.0. The van der Waals surface area contributed by atoms with Crippen molar-refractivity contribution in [2.24, 2.45) is 0 Å². The zero-order valence-corrected chi connectivity index (χ0v) is 14.0. The lowest BCUT2D eigenvalue weighted by Crippen LogP contribution is -2.31. The number of nitrogens with zero attached hydrogens (tertiary/aromatic N) is 3. The highest BCUT2D eigenvalue weighted by atomic mass is 35.5. The molecule has 0 aliphatic rings. The van der Waals surface area contributed by atoms with E-state index in [1.165, 1.54) is 0 Å². The first kappa shape index (κ1) is 16.1. The third kappa shape index (κ3) is 3.50. The van der Waals surface area contributed by atoms with E-state index in [1.807, 2.05) is 12.1 Å². The highest BCUT2D eigenvalue weighted by Crippen LogP contribution is 2.22. The van der Waals surface area contributed by atoms with Gasteiger partial charge in [-0.25, -0.2) is 4.98 Å². The quantitative estimate of drug-likeness (QED) is 0.733. The van der Waals surface area contributed by atoms with Crippen molar-refractivity contribution in [1.82, 2.24) is 14.5 Å². The van der Waals surface area contributed by atoms with Gasteiger partial charge in [0, 0.05) is 25.2 Å². The van der Waals surface area contributed by atoms with E-state index in [0.29, 0.717) is 11.9 Å². The average Bonchev–Trinajstić information content (AvgIpc) is 2.88. The molecule has 1 aromatic heterocycles. The molecule has 1 unspecified atom stereocenters. The number of hydrogen-bond donors (Lipinski definition) is 0. The number of halogens is 1. The number of methoxy groups -OCH3 is 1. The van der Waals surface area contributed by atoms with Gasteiger partial charge in [-0.3, -0.25) is 0 Å². The van der Waals surface area contributed by atoms with Crippen LogP contribution in [0.5, 0.6) is 5.75 Å². The molecular formula is C16H24ClN3O. The van der Waals surface area contributed by atoms with Crippen LogP contribution in [0.4, 0.5) is 0 Å². The van der Waals surface area contributed by atoms with E-state index in [9.17, 15) is 0 Å². The number of imidazole rings is 1. The Morgan fingerprint density at radius 1 is 1.43 bits per heavy atom. The van der Waals surface area contributed by atoms with Gasteiger partial charge in [0.2, 0.25) is 0 Å². The molecule has 5 heteroatoms. The summed E-state index contributed by atoms with van der Waals surface area (Å²) in [6, 6.07) is 6.57. The van der Waals surface area contributed by atoms with Crippen molar-refractivity contribution in [2.75, 3.05) is 20.7 Å². The molecule has 1 heterocycles. The minimum absolute atomic E-state index is 0.421. The van der Waals surface area contributed by atoms with Gasteiger partial charge in [0.25, 0.3) is 0 Å². The van der Waals surface area contributed by atoms with Gasteiger partial charge >= 0.3 is 0 Å². The van der Waals surface area contributed by atoms with Crippen molar-refractivity contribution in [3.63, 3.8) is 0 Å². The molecule has 2 aromatic rings. The summed E-state index contributed by atoms with van der Waals surface area (Å²) in [6.45, 7) is 6.34. The molecule has 0 saturated heterocycles. The maximum absolute atomic E-state index is 6.05. The van der Waals surface area contributed by atoms with Crippen LogP contribution in [0.15, 0.2) is 18.2 Å². The highest BCUT2D eigenvalue weighted by molar-refractivity contribution is 6.16. The van der Waals surface area contributed by atoms with Crippen LogP contribution in [-0.4, -0.2) is 41.2 Å². The van der Waals surface area contributed by atoms with Crippen LogP contribution in [0.25, 0.3) is 11.0 Å². The second-order valence-corrected chi connectivity index (χ2v) is 5.67.